The lowest BCUT2D eigenvalue weighted by Crippen LogP contribution is -2.35. The molecule has 1 fully saturated rings. The molecule has 2 atom stereocenters. The number of hydrogen-bond acceptors (Lipinski definition) is 7. The molecule has 2 aromatic carbocycles. The molecule has 0 saturated carbocycles. The van der Waals surface area contributed by atoms with Gasteiger partial charge in [-0.05, 0) is 49.2 Å². The Morgan fingerprint density at radius 3 is 2.69 bits per heavy atom. The number of fused-ring (bicyclic) bond motifs is 1. The topological polar surface area (TPSA) is 109 Å². The van der Waals surface area contributed by atoms with Crippen LogP contribution >= 0.6 is 0 Å². The molecule has 2 heterocycles. The third-order valence-electron chi connectivity index (χ3n) is 6.22. The molecule has 0 aliphatic carbocycles. The first-order chi connectivity index (χ1) is 16.8. The number of carbonyl (C=O) groups is 1. The molecule has 2 N–H and O–H groups in total. The number of hydrogen-bond donors (Lipinski definition) is 2. The fourth-order valence-electron chi connectivity index (χ4n) is 4.56. The van der Waals surface area contributed by atoms with Crippen molar-refractivity contribution in [2.45, 2.75) is 18.4 Å². The SMILES string of the molecule is C#CCN1C[C@@H](CS(=O)(=O)c2ccc(OCc3cc(C)nc4ccccc34)cc2)[C@@H](C(=O)NO)C1. The quantitative estimate of drug-likeness (QED) is 0.282. The third kappa shape index (κ3) is 5.62. The summed E-state index contributed by atoms with van der Waals surface area (Å²) in [4.78, 5) is 18.6. The number of carbonyl (C=O) groups excluding carboxylic acids is 1. The maximum absolute atomic E-state index is 13.1. The zero-order valence-corrected chi connectivity index (χ0v) is 20.2. The van der Waals surface area contributed by atoms with Crippen LogP contribution in [0.1, 0.15) is 11.3 Å². The largest absolute Gasteiger partial charge is 0.489 e. The Morgan fingerprint density at radius 1 is 1.23 bits per heavy atom. The molecule has 1 aliphatic heterocycles. The maximum atomic E-state index is 13.1. The van der Waals surface area contributed by atoms with Crippen LogP contribution in [0.25, 0.3) is 10.9 Å². The van der Waals surface area contributed by atoms with Crippen molar-refractivity contribution in [1.82, 2.24) is 15.4 Å². The van der Waals surface area contributed by atoms with E-state index in [9.17, 15) is 13.2 Å². The Balaban J connectivity index is 1.45. The molecule has 0 radical (unpaired) electrons. The van der Waals surface area contributed by atoms with E-state index in [0.717, 1.165) is 22.2 Å². The molecular formula is C26H27N3O5S. The second-order valence-electron chi connectivity index (χ2n) is 8.72. The summed E-state index contributed by atoms with van der Waals surface area (Å²) in [5, 5.41) is 10.1. The van der Waals surface area contributed by atoms with E-state index in [0.29, 0.717) is 32.0 Å². The zero-order valence-electron chi connectivity index (χ0n) is 19.3. The number of hydroxylamine groups is 1. The van der Waals surface area contributed by atoms with Gasteiger partial charge in [0.15, 0.2) is 9.84 Å². The highest BCUT2D eigenvalue weighted by Crippen LogP contribution is 2.28. The minimum absolute atomic E-state index is 0.147. The van der Waals surface area contributed by atoms with Crippen LogP contribution in [0.5, 0.6) is 5.75 Å². The molecule has 1 aliphatic rings. The second kappa shape index (κ2) is 10.4. The summed E-state index contributed by atoms with van der Waals surface area (Å²) in [6.07, 6.45) is 5.36. The van der Waals surface area contributed by atoms with Gasteiger partial charge in [0, 0.05) is 29.7 Å². The number of ether oxygens (including phenoxy) is 1. The van der Waals surface area contributed by atoms with Gasteiger partial charge in [0.2, 0.25) is 5.91 Å². The standard InChI is InChI=1S/C26H27N3O5S/c1-3-12-29-14-20(24(15-29)26(30)28-31)17-35(32,33)22-10-8-21(9-11-22)34-16-19-13-18(2)27-25-7-5-4-6-23(19)25/h1,4-11,13,20,24,31H,12,14-17H2,2H3,(H,28,30)/t20-,24-/m0/s1. The van der Waals surface area contributed by atoms with Crippen molar-refractivity contribution in [2.75, 3.05) is 25.4 Å². The predicted octanol–water partition coefficient (Wildman–Crippen LogP) is 2.58. The Morgan fingerprint density at radius 2 is 1.97 bits per heavy atom. The number of para-hydroxylation sites is 1. The van der Waals surface area contributed by atoms with Crippen molar-refractivity contribution in [3.05, 3.63) is 65.9 Å². The first-order valence-corrected chi connectivity index (χ1v) is 12.9. The first-order valence-electron chi connectivity index (χ1n) is 11.2. The minimum atomic E-state index is -3.68. The number of rotatable bonds is 8. The van der Waals surface area contributed by atoms with Gasteiger partial charge in [0.05, 0.1) is 28.6 Å². The number of likely N-dealkylation sites (tertiary alicyclic amines) is 1. The number of nitrogens with zero attached hydrogens (tertiary/aromatic N) is 2. The highest BCUT2D eigenvalue weighted by atomic mass is 32.2. The van der Waals surface area contributed by atoms with Gasteiger partial charge >= 0.3 is 0 Å². The van der Waals surface area contributed by atoms with Crippen molar-refractivity contribution in [3.63, 3.8) is 0 Å². The normalized spacial score (nSPS) is 18.3. The summed E-state index contributed by atoms with van der Waals surface area (Å²) in [6, 6.07) is 16.1. The third-order valence-corrected chi connectivity index (χ3v) is 8.08. The van der Waals surface area contributed by atoms with E-state index in [2.05, 4.69) is 10.9 Å². The molecule has 8 nitrogen and oxygen atoms in total. The van der Waals surface area contributed by atoms with Gasteiger partial charge in [-0.15, -0.1) is 6.42 Å². The molecule has 0 unspecified atom stereocenters. The lowest BCUT2D eigenvalue weighted by Gasteiger charge is -2.17. The van der Waals surface area contributed by atoms with Crippen LogP contribution in [-0.2, 0) is 21.2 Å². The predicted molar refractivity (Wildman–Crippen MR) is 131 cm³/mol. The molecule has 0 spiro atoms. The molecule has 3 aromatic rings. The minimum Gasteiger partial charge on any atom is -0.489 e. The molecule has 0 bridgehead atoms. The van der Waals surface area contributed by atoms with Gasteiger partial charge in [0.1, 0.15) is 12.4 Å². The molecule has 35 heavy (non-hydrogen) atoms. The van der Waals surface area contributed by atoms with Crippen molar-refractivity contribution in [2.24, 2.45) is 11.8 Å². The van der Waals surface area contributed by atoms with E-state index in [1.807, 2.05) is 42.2 Å². The average Bonchev–Trinajstić information content (AvgIpc) is 3.23. The smallest absolute Gasteiger partial charge is 0.248 e. The van der Waals surface area contributed by atoms with Crippen LogP contribution in [0.3, 0.4) is 0 Å². The fourth-order valence-corrected chi connectivity index (χ4v) is 6.21. The maximum Gasteiger partial charge on any atom is 0.248 e. The van der Waals surface area contributed by atoms with Gasteiger partial charge in [-0.2, -0.15) is 0 Å². The number of terminal acetylenes is 1. The highest BCUT2D eigenvalue weighted by molar-refractivity contribution is 7.91. The van der Waals surface area contributed by atoms with Crippen molar-refractivity contribution in [1.29, 1.82) is 0 Å². The zero-order chi connectivity index (χ0) is 25.0. The molecule has 9 heteroatoms. The lowest BCUT2D eigenvalue weighted by atomic mass is 9.97. The van der Waals surface area contributed by atoms with Crippen LogP contribution in [0, 0.1) is 31.1 Å². The second-order valence-corrected chi connectivity index (χ2v) is 10.8. The van der Waals surface area contributed by atoms with E-state index in [-0.39, 0.29) is 10.6 Å². The summed E-state index contributed by atoms with van der Waals surface area (Å²) in [5.74, 6) is 1.07. The Labute approximate surface area is 204 Å². The Bertz CT molecular complexity index is 1370. The van der Waals surface area contributed by atoms with Crippen molar-refractivity contribution >= 4 is 26.6 Å². The molecule has 182 valence electrons. The molecular weight excluding hydrogens is 466 g/mol. The van der Waals surface area contributed by atoms with Crippen molar-refractivity contribution in [3.8, 4) is 18.1 Å². The first kappa shape index (κ1) is 24.7. The van der Waals surface area contributed by atoms with Crippen molar-refractivity contribution < 1.29 is 23.2 Å². The van der Waals surface area contributed by atoms with Crippen LogP contribution in [0.2, 0.25) is 0 Å². The van der Waals surface area contributed by atoms with E-state index < -0.39 is 27.6 Å². The summed E-state index contributed by atoms with van der Waals surface area (Å²) >= 11 is 0. The van der Waals surface area contributed by atoms with Crippen LogP contribution in [0.15, 0.2) is 59.5 Å². The number of benzene rings is 2. The summed E-state index contributed by atoms with van der Waals surface area (Å²) in [7, 11) is -3.68. The van der Waals surface area contributed by atoms with Crippen LogP contribution < -0.4 is 10.2 Å². The average molecular weight is 494 g/mol. The van der Waals surface area contributed by atoms with E-state index in [1.165, 1.54) is 12.1 Å². The Kier molecular flexibility index (Phi) is 7.36. The van der Waals surface area contributed by atoms with E-state index >= 15 is 0 Å². The number of nitrogens with one attached hydrogen (secondary N) is 1. The molecule has 1 amide bonds. The molecule has 1 saturated heterocycles. The summed E-state index contributed by atoms with van der Waals surface area (Å²) < 4.78 is 32.1. The monoisotopic (exact) mass is 493 g/mol. The molecule has 1 aromatic heterocycles. The number of aromatic nitrogens is 1. The Hall–Kier alpha value is -3.45. The fraction of sp³-hybridized carbons (Fsp3) is 0.308. The number of aryl methyl sites for hydroxylation is 1. The van der Waals surface area contributed by atoms with E-state index in [1.54, 1.807) is 17.6 Å². The summed E-state index contributed by atoms with van der Waals surface area (Å²) in [5.41, 5.74) is 4.43. The van der Waals surface area contributed by atoms with E-state index in [4.69, 9.17) is 16.4 Å². The lowest BCUT2D eigenvalue weighted by molar-refractivity contribution is -0.133. The number of amides is 1. The van der Waals surface area contributed by atoms with Crippen LogP contribution in [0.4, 0.5) is 0 Å². The van der Waals surface area contributed by atoms with Gasteiger partial charge in [0.25, 0.3) is 0 Å². The molecule has 4 rings (SSSR count). The van der Waals surface area contributed by atoms with Gasteiger partial charge < -0.3 is 4.74 Å². The van der Waals surface area contributed by atoms with Gasteiger partial charge in [-0.25, -0.2) is 13.9 Å². The van der Waals surface area contributed by atoms with Gasteiger partial charge in [-0.3, -0.25) is 19.9 Å². The van der Waals surface area contributed by atoms with Gasteiger partial charge in [-0.1, -0.05) is 24.1 Å². The number of pyridine rings is 1. The highest BCUT2D eigenvalue weighted by Gasteiger charge is 2.40. The summed E-state index contributed by atoms with van der Waals surface area (Å²) in [6.45, 7) is 3.22. The van der Waals surface area contributed by atoms with Crippen LogP contribution in [-0.4, -0.2) is 54.8 Å². The number of sulfone groups is 1.